The minimum Gasteiger partial charge on any atom is -0.456 e. The molecule has 6 rings (SSSR count). The molecule has 0 unspecified atom stereocenters. The predicted molar refractivity (Wildman–Crippen MR) is 170 cm³/mol. The van der Waals surface area contributed by atoms with Gasteiger partial charge in [-0.25, -0.2) is 0 Å². The van der Waals surface area contributed by atoms with Gasteiger partial charge in [0.1, 0.15) is 22.3 Å². The second-order valence-corrected chi connectivity index (χ2v) is 15.6. The molecular formula is C34H32Au2O2P2+2. The van der Waals surface area contributed by atoms with Crippen molar-refractivity contribution >= 4 is 59.7 Å². The molecule has 2 aromatic heterocycles. The first-order chi connectivity index (χ1) is 18.4. The van der Waals surface area contributed by atoms with Crippen LogP contribution in [0.2, 0.25) is 0 Å². The van der Waals surface area contributed by atoms with Crippen molar-refractivity contribution < 1.29 is 53.6 Å². The zero-order chi connectivity index (χ0) is 27.1. The van der Waals surface area contributed by atoms with Crippen molar-refractivity contribution in [3.05, 3.63) is 109 Å². The smallest absolute Gasteiger partial charge is 0.456 e. The maximum absolute atomic E-state index is 7.10. The molecule has 0 aliphatic carbocycles. The Morgan fingerprint density at radius 1 is 0.525 bits per heavy atom. The molecule has 0 saturated heterocycles. The van der Waals surface area contributed by atoms with Gasteiger partial charge in [0.15, 0.2) is 0 Å². The van der Waals surface area contributed by atoms with Crippen LogP contribution < -0.4 is 0 Å². The number of para-hydroxylation sites is 2. The van der Waals surface area contributed by atoms with Crippen LogP contribution in [0.4, 0.5) is 0 Å². The van der Waals surface area contributed by atoms with E-state index in [1.807, 2.05) is 84.9 Å². The summed E-state index contributed by atoms with van der Waals surface area (Å²) in [5.41, 5.74) is 5.03. The fraction of sp³-hybridized carbons (Fsp3) is 0.176. The van der Waals surface area contributed by atoms with Crippen molar-refractivity contribution in [1.29, 1.82) is 0 Å². The van der Waals surface area contributed by atoms with Crippen LogP contribution in [0.25, 0.3) is 43.9 Å². The Morgan fingerprint density at radius 2 is 0.875 bits per heavy atom. The molecule has 40 heavy (non-hydrogen) atoms. The number of furan rings is 2. The van der Waals surface area contributed by atoms with Crippen LogP contribution in [0.15, 0.2) is 93.8 Å². The average molecular weight is 929 g/mol. The number of fused-ring (bicyclic) bond motifs is 6. The first-order valence-corrected chi connectivity index (χ1v) is 18.1. The van der Waals surface area contributed by atoms with E-state index in [9.17, 15) is 0 Å². The molecule has 0 N–H and O–H groups in total. The molecular weight excluding hydrogens is 896 g/mol. The van der Waals surface area contributed by atoms with E-state index in [0.717, 1.165) is 55.0 Å². The van der Waals surface area contributed by atoms with Crippen LogP contribution in [0.5, 0.6) is 0 Å². The third-order valence-electron chi connectivity index (χ3n) is 6.17. The van der Waals surface area contributed by atoms with Crippen LogP contribution in [-0.4, -0.2) is 39.0 Å². The maximum Gasteiger partial charge on any atom is 1.00 e. The largest absolute Gasteiger partial charge is 1.00 e. The van der Waals surface area contributed by atoms with Gasteiger partial charge in [-0.05, 0) is 40.1 Å². The monoisotopic (exact) mass is 928 g/mol. The summed E-state index contributed by atoms with van der Waals surface area (Å²) in [6.45, 7) is 9.59. The quantitative estimate of drug-likeness (QED) is 0.0768. The van der Waals surface area contributed by atoms with E-state index in [0.29, 0.717) is 0 Å². The molecule has 0 fully saturated rings. The van der Waals surface area contributed by atoms with Crippen LogP contribution in [-0.2, 0) is 44.8 Å². The van der Waals surface area contributed by atoms with Crippen LogP contribution in [0, 0.1) is 24.7 Å². The number of rotatable bonds is 3. The molecule has 0 aliphatic rings. The Bertz CT molecular complexity index is 1640. The van der Waals surface area contributed by atoms with Gasteiger partial charge in [0, 0.05) is 48.2 Å². The fourth-order valence-corrected chi connectivity index (χ4v) is 8.11. The Morgan fingerprint density at radius 3 is 1.23 bits per heavy atom. The summed E-state index contributed by atoms with van der Waals surface area (Å²) >= 11 is 0. The summed E-state index contributed by atoms with van der Waals surface area (Å²) < 4.78 is 11.3. The van der Waals surface area contributed by atoms with Gasteiger partial charge in [-0.15, -0.1) is 35.4 Å². The molecule has 6 heteroatoms. The fourth-order valence-electron chi connectivity index (χ4n) is 4.11. The van der Waals surface area contributed by atoms with E-state index in [4.69, 9.17) is 21.7 Å². The van der Waals surface area contributed by atoms with Gasteiger partial charge in [-0.1, -0.05) is 36.4 Å². The molecule has 0 saturated carbocycles. The number of benzene rings is 4. The van der Waals surface area contributed by atoms with Crippen molar-refractivity contribution in [1.82, 2.24) is 0 Å². The molecule has 0 spiro atoms. The summed E-state index contributed by atoms with van der Waals surface area (Å²) in [5.74, 6) is 4.76. The normalized spacial score (nSPS) is 10.2. The standard InChI is InChI=1S/2C14H7O.C6H16P2.2Au/c2*1-2-10-7-8-14-12(9-10)11-5-3-4-6-13(11)15-14;1-7(2)5-6-8(3)4;;/h2*3-9H;5-6H2,1-4H3;;/q2*-1;;2*+1/p+2. The second kappa shape index (κ2) is 16.4. The van der Waals surface area contributed by atoms with E-state index >= 15 is 0 Å². The van der Waals surface area contributed by atoms with Gasteiger partial charge in [-0.2, -0.15) is 0 Å². The molecule has 2 heterocycles. The van der Waals surface area contributed by atoms with Gasteiger partial charge >= 0.3 is 44.8 Å². The maximum atomic E-state index is 7.10. The Labute approximate surface area is 271 Å². The Hall–Kier alpha value is -2.06. The molecule has 0 aliphatic heterocycles. The molecule has 0 amide bonds. The number of hydrogen-bond acceptors (Lipinski definition) is 2. The van der Waals surface area contributed by atoms with E-state index in [1.54, 1.807) is 0 Å². The minimum absolute atomic E-state index is 0. The van der Waals surface area contributed by atoms with E-state index < -0.39 is 0 Å². The summed E-state index contributed by atoms with van der Waals surface area (Å²) in [7, 11) is 0.191. The molecule has 0 radical (unpaired) electrons. The molecule has 0 atom stereocenters. The van der Waals surface area contributed by atoms with E-state index in [1.165, 1.54) is 12.3 Å². The van der Waals surface area contributed by atoms with Crippen molar-refractivity contribution in [2.75, 3.05) is 39.0 Å². The summed E-state index contributed by atoms with van der Waals surface area (Å²) in [6, 6.07) is 27.1. The van der Waals surface area contributed by atoms with Crippen LogP contribution in [0.3, 0.4) is 0 Å². The minimum atomic E-state index is 0. The summed E-state index contributed by atoms with van der Waals surface area (Å²) in [6.07, 6.45) is 17.3. The van der Waals surface area contributed by atoms with Gasteiger partial charge in [-0.3, -0.25) is 11.8 Å². The molecule has 2 nitrogen and oxygen atoms in total. The van der Waals surface area contributed by atoms with Gasteiger partial charge < -0.3 is 21.7 Å². The topological polar surface area (TPSA) is 26.3 Å². The zero-order valence-electron chi connectivity index (χ0n) is 22.9. The zero-order valence-corrected chi connectivity index (χ0v) is 29.2. The van der Waals surface area contributed by atoms with Gasteiger partial charge in [0.25, 0.3) is 0 Å². The van der Waals surface area contributed by atoms with Gasteiger partial charge in [0.2, 0.25) is 0 Å². The second-order valence-electron chi connectivity index (χ2n) is 9.78. The van der Waals surface area contributed by atoms with Gasteiger partial charge in [0.05, 0.1) is 12.3 Å². The van der Waals surface area contributed by atoms with Crippen LogP contribution >= 0.6 is 15.8 Å². The molecule has 210 valence electrons. The predicted octanol–water partition coefficient (Wildman–Crippen LogP) is 8.98. The van der Waals surface area contributed by atoms with Crippen molar-refractivity contribution in [2.45, 2.75) is 0 Å². The third kappa shape index (κ3) is 8.72. The van der Waals surface area contributed by atoms with E-state index in [2.05, 4.69) is 38.5 Å². The average Bonchev–Trinajstić information content (AvgIpc) is 3.50. The Kier molecular flexibility index (Phi) is 14.0. The molecule has 0 bridgehead atoms. The first kappa shape index (κ1) is 34.1. The first-order valence-electron chi connectivity index (χ1n) is 12.7. The van der Waals surface area contributed by atoms with E-state index in [-0.39, 0.29) is 60.6 Å². The number of hydrogen-bond donors (Lipinski definition) is 0. The Balaban J connectivity index is 0.000000216. The van der Waals surface area contributed by atoms with Crippen molar-refractivity contribution in [2.24, 2.45) is 0 Å². The summed E-state index contributed by atoms with van der Waals surface area (Å²) in [5, 5.41) is 4.26. The van der Waals surface area contributed by atoms with Crippen LogP contribution in [0.1, 0.15) is 11.1 Å². The van der Waals surface area contributed by atoms with Crippen molar-refractivity contribution in [3.63, 3.8) is 0 Å². The molecule has 6 aromatic rings. The summed E-state index contributed by atoms with van der Waals surface area (Å²) in [4.78, 5) is 0. The van der Waals surface area contributed by atoms with Crippen molar-refractivity contribution in [3.8, 4) is 11.8 Å². The molecule has 4 aromatic carbocycles. The third-order valence-corrected chi connectivity index (χ3v) is 9.17. The SMILES string of the molecule is C[PH+](C)CC[PH+](C)C.[Au+].[Au+].[C-]#Cc1ccc2oc3ccccc3c2c1.[C-]#Cc1ccc2oc3ccccc3c2c1.